The molecule has 2 N–H and O–H groups in total. The summed E-state index contributed by atoms with van der Waals surface area (Å²) in [7, 11) is 0. The van der Waals surface area contributed by atoms with Crippen molar-refractivity contribution in [3.63, 3.8) is 0 Å². The van der Waals surface area contributed by atoms with Crippen molar-refractivity contribution >= 4 is 11.6 Å². The SMILES string of the molecule is NC(CCOc1ccc(Cl)cc1)C1CCCCC1. The zero-order chi connectivity index (χ0) is 12.8. The van der Waals surface area contributed by atoms with Gasteiger partial charge in [-0.25, -0.2) is 0 Å². The molecule has 0 amide bonds. The number of halogens is 1. The first kappa shape index (κ1) is 13.7. The second-order valence-electron chi connectivity index (χ2n) is 5.15. The molecule has 0 bridgehead atoms. The van der Waals surface area contributed by atoms with Crippen LogP contribution < -0.4 is 10.5 Å². The van der Waals surface area contributed by atoms with Crippen LogP contribution in [0.5, 0.6) is 5.75 Å². The lowest BCUT2D eigenvalue weighted by atomic mass is 9.83. The number of hydrogen-bond acceptors (Lipinski definition) is 2. The Bertz CT molecular complexity index is 346. The van der Waals surface area contributed by atoms with Crippen LogP contribution >= 0.6 is 11.6 Å². The molecule has 0 aliphatic heterocycles. The van der Waals surface area contributed by atoms with Crippen molar-refractivity contribution in [2.24, 2.45) is 11.7 Å². The highest BCUT2D eigenvalue weighted by atomic mass is 35.5. The summed E-state index contributed by atoms with van der Waals surface area (Å²) < 4.78 is 5.68. The quantitative estimate of drug-likeness (QED) is 0.875. The van der Waals surface area contributed by atoms with Crippen LogP contribution in [0.4, 0.5) is 0 Å². The minimum atomic E-state index is 0.289. The maximum atomic E-state index is 6.24. The topological polar surface area (TPSA) is 35.2 Å². The molecule has 0 heterocycles. The summed E-state index contributed by atoms with van der Waals surface area (Å²) in [5.74, 6) is 1.57. The van der Waals surface area contributed by atoms with E-state index in [4.69, 9.17) is 22.1 Å². The molecule has 1 saturated carbocycles. The molecular formula is C15H22ClNO. The molecule has 0 spiro atoms. The maximum Gasteiger partial charge on any atom is 0.119 e. The van der Waals surface area contributed by atoms with E-state index in [1.165, 1.54) is 32.1 Å². The number of hydrogen-bond donors (Lipinski definition) is 1. The van der Waals surface area contributed by atoms with Crippen molar-refractivity contribution in [2.45, 2.75) is 44.6 Å². The molecule has 2 nitrogen and oxygen atoms in total. The predicted molar refractivity (Wildman–Crippen MR) is 76.1 cm³/mol. The number of benzene rings is 1. The third-order valence-corrected chi connectivity index (χ3v) is 4.04. The monoisotopic (exact) mass is 267 g/mol. The van der Waals surface area contributed by atoms with E-state index in [-0.39, 0.29) is 6.04 Å². The molecule has 1 aliphatic rings. The molecule has 18 heavy (non-hydrogen) atoms. The van der Waals surface area contributed by atoms with Gasteiger partial charge in [-0.15, -0.1) is 0 Å². The third-order valence-electron chi connectivity index (χ3n) is 3.79. The summed E-state index contributed by atoms with van der Waals surface area (Å²) in [4.78, 5) is 0. The highest BCUT2D eigenvalue weighted by Gasteiger charge is 2.20. The van der Waals surface area contributed by atoms with Gasteiger partial charge in [0.05, 0.1) is 6.61 Å². The fourth-order valence-electron chi connectivity index (χ4n) is 2.64. The number of nitrogens with two attached hydrogens (primary N) is 1. The lowest BCUT2D eigenvalue weighted by molar-refractivity contribution is 0.243. The van der Waals surface area contributed by atoms with Gasteiger partial charge in [-0.1, -0.05) is 30.9 Å². The number of rotatable bonds is 5. The molecule has 1 aliphatic carbocycles. The molecule has 1 unspecified atom stereocenters. The Hall–Kier alpha value is -0.730. The first-order valence-corrected chi connectivity index (χ1v) is 7.27. The first-order chi connectivity index (χ1) is 8.75. The highest BCUT2D eigenvalue weighted by Crippen LogP contribution is 2.26. The van der Waals surface area contributed by atoms with Gasteiger partial charge in [-0.2, -0.15) is 0 Å². The van der Waals surface area contributed by atoms with Crippen LogP contribution in [0.2, 0.25) is 5.02 Å². The van der Waals surface area contributed by atoms with Gasteiger partial charge in [0, 0.05) is 11.1 Å². The molecule has 2 rings (SSSR count). The minimum Gasteiger partial charge on any atom is -0.494 e. The summed E-state index contributed by atoms with van der Waals surface area (Å²) in [5, 5.41) is 0.737. The molecule has 0 radical (unpaired) electrons. The average molecular weight is 268 g/mol. The van der Waals surface area contributed by atoms with E-state index >= 15 is 0 Å². The molecule has 1 fully saturated rings. The second-order valence-corrected chi connectivity index (χ2v) is 5.59. The van der Waals surface area contributed by atoms with Crippen LogP contribution in [0.25, 0.3) is 0 Å². The molecule has 1 aromatic carbocycles. The Kier molecular flexibility index (Phi) is 5.33. The van der Waals surface area contributed by atoms with Crippen molar-refractivity contribution in [1.29, 1.82) is 0 Å². The molecule has 0 saturated heterocycles. The van der Waals surface area contributed by atoms with Crippen LogP contribution in [0, 0.1) is 5.92 Å². The Labute approximate surface area is 114 Å². The normalized spacial score (nSPS) is 18.6. The van der Waals surface area contributed by atoms with Crippen molar-refractivity contribution < 1.29 is 4.74 Å². The van der Waals surface area contributed by atoms with Crippen molar-refractivity contribution in [2.75, 3.05) is 6.61 Å². The Morgan fingerprint density at radius 3 is 2.50 bits per heavy atom. The summed E-state index contributed by atoms with van der Waals surface area (Å²) in [6.45, 7) is 0.694. The van der Waals surface area contributed by atoms with Gasteiger partial charge in [-0.05, 0) is 49.4 Å². The molecule has 3 heteroatoms. The fraction of sp³-hybridized carbons (Fsp3) is 0.600. The fourth-order valence-corrected chi connectivity index (χ4v) is 2.77. The lowest BCUT2D eigenvalue weighted by Crippen LogP contribution is -2.33. The largest absolute Gasteiger partial charge is 0.494 e. The van der Waals surface area contributed by atoms with E-state index in [0.29, 0.717) is 12.5 Å². The molecule has 1 atom stereocenters. The van der Waals surface area contributed by atoms with Gasteiger partial charge in [-0.3, -0.25) is 0 Å². The third kappa shape index (κ3) is 4.18. The average Bonchev–Trinajstić information content (AvgIpc) is 2.42. The van der Waals surface area contributed by atoms with E-state index in [0.717, 1.165) is 17.2 Å². The minimum absolute atomic E-state index is 0.289. The zero-order valence-electron chi connectivity index (χ0n) is 10.8. The van der Waals surface area contributed by atoms with Gasteiger partial charge in [0.25, 0.3) is 0 Å². The summed E-state index contributed by atoms with van der Waals surface area (Å²) >= 11 is 5.82. The van der Waals surface area contributed by atoms with Crippen LogP contribution in [0.1, 0.15) is 38.5 Å². The Balaban J connectivity index is 1.69. The van der Waals surface area contributed by atoms with Crippen molar-refractivity contribution in [3.8, 4) is 5.75 Å². The van der Waals surface area contributed by atoms with Crippen LogP contribution in [0.3, 0.4) is 0 Å². The van der Waals surface area contributed by atoms with Crippen LogP contribution in [-0.2, 0) is 0 Å². The highest BCUT2D eigenvalue weighted by molar-refractivity contribution is 6.30. The van der Waals surface area contributed by atoms with Gasteiger partial charge in [0.1, 0.15) is 5.75 Å². The zero-order valence-corrected chi connectivity index (χ0v) is 11.5. The van der Waals surface area contributed by atoms with E-state index in [1.54, 1.807) is 0 Å². The summed E-state index contributed by atoms with van der Waals surface area (Å²) in [6.07, 6.45) is 7.59. The Morgan fingerprint density at radius 1 is 1.17 bits per heavy atom. The van der Waals surface area contributed by atoms with Crippen molar-refractivity contribution in [3.05, 3.63) is 29.3 Å². The Morgan fingerprint density at radius 2 is 1.83 bits per heavy atom. The predicted octanol–water partition coefficient (Wildman–Crippen LogP) is 4.02. The van der Waals surface area contributed by atoms with Gasteiger partial charge >= 0.3 is 0 Å². The standard InChI is InChI=1S/C15H22ClNO/c16-13-6-8-14(9-7-13)18-11-10-15(17)12-4-2-1-3-5-12/h6-9,12,15H,1-5,10-11,17H2. The second kappa shape index (κ2) is 7.01. The van der Waals surface area contributed by atoms with Gasteiger partial charge < -0.3 is 10.5 Å². The van der Waals surface area contributed by atoms with E-state index < -0.39 is 0 Å². The molecule has 100 valence electrons. The molecule has 1 aromatic rings. The van der Waals surface area contributed by atoms with Crippen molar-refractivity contribution in [1.82, 2.24) is 0 Å². The summed E-state index contributed by atoms with van der Waals surface area (Å²) in [6, 6.07) is 7.77. The number of ether oxygens (including phenoxy) is 1. The van der Waals surface area contributed by atoms with E-state index in [9.17, 15) is 0 Å². The maximum absolute atomic E-state index is 6.24. The van der Waals surface area contributed by atoms with E-state index in [1.807, 2.05) is 24.3 Å². The van der Waals surface area contributed by atoms with Crippen LogP contribution in [0.15, 0.2) is 24.3 Å². The molecule has 0 aromatic heterocycles. The summed E-state index contributed by atoms with van der Waals surface area (Å²) in [5.41, 5.74) is 6.24. The first-order valence-electron chi connectivity index (χ1n) is 6.89. The van der Waals surface area contributed by atoms with Gasteiger partial charge in [0.15, 0.2) is 0 Å². The van der Waals surface area contributed by atoms with E-state index in [2.05, 4.69) is 0 Å². The van der Waals surface area contributed by atoms with Crippen LogP contribution in [-0.4, -0.2) is 12.6 Å². The smallest absolute Gasteiger partial charge is 0.119 e. The lowest BCUT2D eigenvalue weighted by Gasteiger charge is -2.27. The van der Waals surface area contributed by atoms with Gasteiger partial charge in [0.2, 0.25) is 0 Å². The molecular weight excluding hydrogens is 246 g/mol.